The molecule has 0 radical (unpaired) electrons. The van der Waals surface area contributed by atoms with E-state index < -0.39 is 0 Å². The van der Waals surface area contributed by atoms with Gasteiger partial charge in [0.05, 0.1) is 11.0 Å². The molecule has 18 heavy (non-hydrogen) atoms. The van der Waals surface area contributed by atoms with E-state index >= 15 is 0 Å². The molecule has 1 heterocycles. The minimum atomic E-state index is 0.777. The fraction of sp³-hybridized carbons (Fsp3) is 0.133. The summed E-state index contributed by atoms with van der Waals surface area (Å²) in [4.78, 5) is 7.93. The smallest absolute Gasteiger partial charge is 0.111 e. The highest BCUT2D eigenvalue weighted by Gasteiger charge is 2.04. The van der Waals surface area contributed by atoms with Crippen LogP contribution in [0.15, 0.2) is 42.5 Å². The Morgan fingerprint density at radius 2 is 2.06 bits per heavy atom. The Morgan fingerprint density at radius 3 is 2.89 bits per heavy atom. The predicted molar refractivity (Wildman–Crippen MR) is 74.5 cm³/mol. The maximum Gasteiger partial charge on any atom is 0.111 e. The van der Waals surface area contributed by atoms with Crippen LogP contribution in [0.1, 0.15) is 17.0 Å². The molecule has 0 aliphatic rings. The number of aryl methyl sites for hydroxylation is 1. The number of aromatic nitrogens is 2. The third kappa shape index (κ3) is 2.07. The fourth-order valence-electron chi connectivity index (χ4n) is 2.16. The van der Waals surface area contributed by atoms with Gasteiger partial charge in [0, 0.05) is 12.1 Å². The standard InChI is InChI=1S/C15H15N3/c1-10-5-6-13-14(7-10)18-15(17-13)9-11-3-2-4-12(16)8-11/h2-8H,9,16H2,1H3,(H,17,18). The molecule has 3 nitrogen and oxygen atoms in total. The molecule has 0 saturated heterocycles. The van der Waals surface area contributed by atoms with Gasteiger partial charge in [0.2, 0.25) is 0 Å². The number of nitrogen functional groups attached to an aromatic ring is 1. The summed E-state index contributed by atoms with van der Waals surface area (Å²) in [6.45, 7) is 2.08. The molecule has 3 aromatic rings. The molecule has 0 amide bonds. The van der Waals surface area contributed by atoms with Crippen molar-refractivity contribution < 1.29 is 0 Å². The number of H-pyrrole nitrogens is 1. The molecule has 0 spiro atoms. The van der Waals surface area contributed by atoms with E-state index in [-0.39, 0.29) is 0 Å². The second-order valence-corrected chi connectivity index (χ2v) is 4.63. The predicted octanol–water partition coefficient (Wildman–Crippen LogP) is 3.04. The van der Waals surface area contributed by atoms with Gasteiger partial charge in [-0.15, -0.1) is 0 Å². The molecule has 0 aliphatic heterocycles. The average Bonchev–Trinajstić information content (AvgIpc) is 2.70. The van der Waals surface area contributed by atoms with Crippen LogP contribution in [0.4, 0.5) is 5.69 Å². The van der Waals surface area contributed by atoms with E-state index in [0.717, 1.165) is 29.0 Å². The number of nitrogens with two attached hydrogens (primary N) is 1. The lowest BCUT2D eigenvalue weighted by Crippen LogP contribution is -1.92. The van der Waals surface area contributed by atoms with Gasteiger partial charge >= 0.3 is 0 Å². The van der Waals surface area contributed by atoms with Gasteiger partial charge in [-0.1, -0.05) is 18.2 Å². The minimum absolute atomic E-state index is 0.777. The lowest BCUT2D eigenvalue weighted by atomic mass is 10.1. The van der Waals surface area contributed by atoms with E-state index in [2.05, 4.69) is 35.1 Å². The molecule has 0 bridgehead atoms. The maximum absolute atomic E-state index is 5.78. The number of anilines is 1. The summed E-state index contributed by atoms with van der Waals surface area (Å²) in [5, 5.41) is 0. The second-order valence-electron chi connectivity index (χ2n) is 4.63. The Balaban J connectivity index is 1.95. The van der Waals surface area contributed by atoms with Crippen LogP contribution >= 0.6 is 0 Å². The molecule has 0 unspecified atom stereocenters. The van der Waals surface area contributed by atoms with Crippen LogP contribution in [0.2, 0.25) is 0 Å². The van der Waals surface area contributed by atoms with Crippen LogP contribution in [-0.2, 0) is 6.42 Å². The zero-order valence-electron chi connectivity index (χ0n) is 10.3. The Kier molecular flexibility index (Phi) is 2.52. The summed E-state index contributed by atoms with van der Waals surface area (Å²) in [6.07, 6.45) is 0.777. The van der Waals surface area contributed by atoms with E-state index in [0.29, 0.717) is 0 Å². The molecule has 0 fully saturated rings. The lowest BCUT2D eigenvalue weighted by Gasteiger charge is -1.99. The van der Waals surface area contributed by atoms with Crippen LogP contribution in [0, 0.1) is 6.92 Å². The highest BCUT2D eigenvalue weighted by Crippen LogP contribution is 2.16. The monoisotopic (exact) mass is 237 g/mol. The maximum atomic E-state index is 5.78. The summed E-state index contributed by atoms with van der Waals surface area (Å²) < 4.78 is 0. The van der Waals surface area contributed by atoms with Crippen molar-refractivity contribution in [1.82, 2.24) is 9.97 Å². The van der Waals surface area contributed by atoms with Crippen LogP contribution in [-0.4, -0.2) is 9.97 Å². The summed E-state index contributed by atoms with van der Waals surface area (Å²) >= 11 is 0. The van der Waals surface area contributed by atoms with Gasteiger partial charge in [0.25, 0.3) is 0 Å². The largest absolute Gasteiger partial charge is 0.399 e. The van der Waals surface area contributed by atoms with Gasteiger partial charge < -0.3 is 10.7 Å². The van der Waals surface area contributed by atoms with Crippen LogP contribution in [0.5, 0.6) is 0 Å². The van der Waals surface area contributed by atoms with E-state index in [9.17, 15) is 0 Å². The van der Waals surface area contributed by atoms with Crippen molar-refractivity contribution in [3.05, 3.63) is 59.4 Å². The Labute approximate surface area is 106 Å². The number of nitrogens with zero attached hydrogens (tertiary/aromatic N) is 1. The van der Waals surface area contributed by atoms with E-state index in [1.807, 2.05) is 24.3 Å². The van der Waals surface area contributed by atoms with Crippen LogP contribution in [0.25, 0.3) is 11.0 Å². The van der Waals surface area contributed by atoms with Crippen molar-refractivity contribution in [3.8, 4) is 0 Å². The lowest BCUT2D eigenvalue weighted by molar-refractivity contribution is 1.04. The van der Waals surface area contributed by atoms with E-state index in [1.54, 1.807) is 0 Å². The van der Waals surface area contributed by atoms with Gasteiger partial charge in [-0.05, 0) is 42.3 Å². The average molecular weight is 237 g/mol. The highest BCUT2D eigenvalue weighted by molar-refractivity contribution is 5.75. The number of hydrogen-bond donors (Lipinski definition) is 2. The Bertz CT molecular complexity index is 698. The topological polar surface area (TPSA) is 54.7 Å². The zero-order valence-corrected chi connectivity index (χ0v) is 10.3. The first-order valence-corrected chi connectivity index (χ1v) is 6.00. The molecule has 3 heteroatoms. The summed E-state index contributed by atoms with van der Waals surface area (Å²) in [5.41, 5.74) is 11.1. The molecule has 0 saturated carbocycles. The molecule has 1 aromatic heterocycles. The fourth-order valence-corrected chi connectivity index (χ4v) is 2.16. The molecule has 0 atom stereocenters. The van der Waals surface area contributed by atoms with E-state index in [4.69, 9.17) is 5.73 Å². The Hall–Kier alpha value is -2.29. The molecule has 3 rings (SSSR count). The number of nitrogens with one attached hydrogen (secondary N) is 1. The first kappa shape index (κ1) is 10.8. The van der Waals surface area contributed by atoms with Gasteiger partial charge in [-0.3, -0.25) is 0 Å². The Morgan fingerprint density at radius 1 is 1.17 bits per heavy atom. The summed E-state index contributed by atoms with van der Waals surface area (Å²) in [7, 11) is 0. The molecule has 90 valence electrons. The molecule has 0 aliphatic carbocycles. The molecule has 2 aromatic carbocycles. The number of imidazole rings is 1. The number of hydrogen-bond acceptors (Lipinski definition) is 2. The quantitative estimate of drug-likeness (QED) is 0.673. The van der Waals surface area contributed by atoms with Crippen molar-refractivity contribution in [2.75, 3.05) is 5.73 Å². The summed E-state index contributed by atoms with van der Waals surface area (Å²) in [5.74, 6) is 0.973. The van der Waals surface area contributed by atoms with Gasteiger partial charge in [-0.2, -0.15) is 0 Å². The number of rotatable bonds is 2. The molecular weight excluding hydrogens is 222 g/mol. The van der Waals surface area contributed by atoms with Crippen LogP contribution < -0.4 is 5.73 Å². The first-order valence-electron chi connectivity index (χ1n) is 6.00. The number of fused-ring (bicyclic) bond motifs is 1. The van der Waals surface area contributed by atoms with Crippen molar-refractivity contribution in [2.45, 2.75) is 13.3 Å². The third-order valence-corrected chi connectivity index (χ3v) is 3.01. The van der Waals surface area contributed by atoms with E-state index in [1.165, 1.54) is 11.1 Å². The van der Waals surface area contributed by atoms with Crippen molar-refractivity contribution in [3.63, 3.8) is 0 Å². The van der Waals surface area contributed by atoms with Crippen LogP contribution in [0.3, 0.4) is 0 Å². The molecular formula is C15H15N3. The highest BCUT2D eigenvalue weighted by atomic mass is 14.9. The SMILES string of the molecule is Cc1ccc2nc(Cc3cccc(N)c3)[nH]c2c1. The van der Waals surface area contributed by atoms with Gasteiger partial charge in [-0.25, -0.2) is 4.98 Å². The van der Waals surface area contributed by atoms with Crippen molar-refractivity contribution >= 4 is 16.7 Å². The first-order chi connectivity index (χ1) is 8.70. The third-order valence-electron chi connectivity index (χ3n) is 3.01. The normalized spacial score (nSPS) is 10.9. The van der Waals surface area contributed by atoms with Crippen molar-refractivity contribution in [1.29, 1.82) is 0 Å². The zero-order chi connectivity index (χ0) is 12.5. The second kappa shape index (κ2) is 4.18. The number of aromatic amines is 1. The number of benzene rings is 2. The minimum Gasteiger partial charge on any atom is -0.399 e. The summed E-state index contributed by atoms with van der Waals surface area (Å²) in [6, 6.07) is 14.2. The van der Waals surface area contributed by atoms with Crippen molar-refractivity contribution in [2.24, 2.45) is 0 Å². The van der Waals surface area contributed by atoms with Gasteiger partial charge in [0.1, 0.15) is 5.82 Å². The van der Waals surface area contributed by atoms with Gasteiger partial charge in [0.15, 0.2) is 0 Å². The molecule has 3 N–H and O–H groups in total.